The number of carbonyl (C=O) groups is 1. The number of methoxy groups -OCH3 is 1. The van der Waals surface area contributed by atoms with Crippen LogP contribution in [0.4, 0.5) is 0 Å². The summed E-state index contributed by atoms with van der Waals surface area (Å²) in [6.07, 6.45) is 0.159. The lowest BCUT2D eigenvalue weighted by atomic mass is 10.2. The maximum absolute atomic E-state index is 12.1. The highest BCUT2D eigenvalue weighted by Crippen LogP contribution is 2.14. The van der Waals surface area contributed by atoms with Crippen molar-refractivity contribution >= 4 is 5.91 Å². The predicted octanol–water partition coefficient (Wildman–Crippen LogP) is 1.85. The van der Waals surface area contributed by atoms with E-state index in [1.165, 1.54) is 0 Å². The number of carbonyl (C=O) groups excluding carboxylic acids is 1. The van der Waals surface area contributed by atoms with E-state index < -0.39 is 0 Å². The van der Waals surface area contributed by atoms with Crippen molar-refractivity contribution in [2.24, 2.45) is 0 Å². The molecule has 1 aliphatic heterocycles. The zero-order valence-corrected chi connectivity index (χ0v) is 12.9. The molecule has 1 heterocycles. The van der Waals surface area contributed by atoms with Crippen LogP contribution in [-0.2, 0) is 20.9 Å². The van der Waals surface area contributed by atoms with Gasteiger partial charge in [0, 0.05) is 13.1 Å². The molecule has 5 heteroatoms. The molecule has 0 spiro atoms. The lowest BCUT2D eigenvalue weighted by molar-refractivity contribution is -0.148. The fourth-order valence-corrected chi connectivity index (χ4v) is 2.49. The van der Waals surface area contributed by atoms with Crippen LogP contribution in [0.3, 0.4) is 0 Å². The SMILES string of the molecule is COc1cccc(COCC(=O)N2C[C@@H](C)O[C@@H](C)C2)c1. The first-order valence-electron chi connectivity index (χ1n) is 7.22. The van der Waals surface area contributed by atoms with Crippen LogP contribution in [0.1, 0.15) is 19.4 Å². The van der Waals surface area contributed by atoms with Crippen molar-refractivity contribution in [3.8, 4) is 5.75 Å². The number of nitrogens with zero attached hydrogens (tertiary/aromatic N) is 1. The Labute approximate surface area is 125 Å². The largest absolute Gasteiger partial charge is 0.497 e. The van der Waals surface area contributed by atoms with Crippen molar-refractivity contribution in [1.82, 2.24) is 4.90 Å². The van der Waals surface area contributed by atoms with E-state index in [1.54, 1.807) is 7.11 Å². The van der Waals surface area contributed by atoms with Gasteiger partial charge in [-0.15, -0.1) is 0 Å². The van der Waals surface area contributed by atoms with E-state index >= 15 is 0 Å². The van der Waals surface area contributed by atoms with Crippen molar-refractivity contribution < 1.29 is 19.0 Å². The normalized spacial score (nSPS) is 22.1. The van der Waals surface area contributed by atoms with E-state index in [4.69, 9.17) is 14.2 Å². The van der Waals surface area contributed by atoms with Crippen molar-refractivity contribution in [2.45, 2.75) is 32.7 Å². The Morgan fingerprint density at radius 1 is 1.33 bits per heavy atom. The quantitative estimate of drug-likeness (QED) is 0.831. The highest BCUT2D eigenvalue weighted by molar-refractivity contribution is 5.77. The van der Waals surface area contributed by atoms with E-state index in [0.29, 0.717) is 19.7 Å². The molecule has 116 valence electrons. The van der Waals surface area contributed by atoms with Crippen molar-refractivity contribution in [1.29, 1.82) is 0 Å². The van der Waals surface area contributed by atoms with Crippen LogP contribution in [0.25, 0.3) is 0 Å². The summed E-state index contributed by atoms with van der Waals surface area (Å²) in [6, 6.07) is 7.64. The van der Waals surface area contributed by atoms with Crippen LogP contribution in [0.15, 0.2) is 24.3 Å². The van der Waals surface area contributed by atoms with Crippen molar-refractivity contribution in [3.63, 3.8) is 0 Å². The second-order valence-electron chi connectivity index (χ2n) is 5.40. The minimum absolute atomic E-state index is 0.0138. The first-order valence-corrected chi connectivity index (χ1v) is 7.22. The summed E-state index contributed by atoms with van der Waals surface area (Å²) in [5.41, 5.74) is 0.992. The van der Waals surface area contributed by atoms with E-state index in [2.05, 4.69) is 0 Å². The monoisotopic (exact) mass is 293 g/mol. The van der Waals surface area contributed by atoms with Gasteiger partial charge in [-0.2, -0.15) is 0 Å². The van der Waals surface area contributed by atoms with Gasteiger partial charge in [0.25, 0.3) is 0 Å². The minimum Gasteiger partial charge on any atom is -0.497 e. The van der Waals surface area contributed by atoms with Gasteiger partial charge in [-0.05, 0) is 31.5 Å². The molecule has 21 heavy (non-hydrogen) atoms. The molecule has 1 aromatic carbocycles. The Morgan fingerprint density at radius 3 is 2.71 bits per heavy atom. The van der Waals surface area contributed by atoms with Gasteiger partial charge in [-0.25, -0.2) is 0 Å². The minimum atomic E-state index is 0.0138. The third kappa shape index (κ3) is 4.72. The Bertz CT molecular complexity index is 467. The van der Waals surface area contributed by atoms with Gasteiger partial charge >= 0.3 is 0 Å². The van der Waals surface area contributed by atoms with Gasteiger partial charge in [0.15, 0.2) is 0 Å². The summed E-state index contributed by atoms with van der Waals surface area (Å²) in [5, 5.41) is 0. The van der Waals surface area contributed by atoms with Gasteiger partial charge in [-0.3, -0.25) is 4.79 Å². The molecule has 0 saturated carbocycles. The van der Waals surface area contributed by atoms with E-state index in [-0.39, 0.29) is 24.7 Å². The second kappa shape index (κ2) is 7.43. The first-order chi connectivity index (χ1) is 10.1. The van der Waals surface area contributed by atoms with Crippen LogP contribution in [0.5, 0.6) is 5.75 Å². The van der Waals surface area contributed by atoms with Crippen LogP contribution in [0.2, 0.25) is 0 Å². The van der Waals surface area contributed by atoms with E-state index in [1.807, 2.05) is 43.0 Å². The lowest BCUT2D eigenvalue weighted by Gasteiger charge is -2.35. The number of morpholine rings is 1. The Morgan fingerprint density at radius 2 is 2.05 bits per heavy atom. The average molecular weight is 293 g/mol. The van der Waals surface area contributed by atoms with Crippen molar-refractivity contribution in [3.05, 3.63) is 29.8 Å². The maximum atomic E-state index is 12.1. The number of rotatable bonds is 5. The number of ether oxygens (including phenoxy) is 3. The fourth-order valence-electron chi connectivity index (χ4n) is 2.49. The van der Waals surface area contributed by atoms with Gasteiger partial charge < -0.3 is 19.1 Å². The molecule has 1 fully saturated rings. The summed E-state index contributed by atoms with van der Waals surface area (Å²) in [7, 11) is 1.63. The molecule has 2 atom stereocenters. The summed E-state index contributed by atoms with van der Waals surface area (Å²) >= 11 is 0. The van der Waals surface area contributed by atoms with E-state index in [9.17, 15) is 4.79 Å². The average Bonchev–Trinajstić information content (AvgIpc) is 2.46. The Hall–Kier alpha value is -1.59. The highest BCUT2D eigenvalue weighted by Gasteiger charge is 2.25. The van der Waals surface area contributed by atoms with Crippen molar-refractivity contribution in [2.75, 3.05) is 26.8 Å². The molecule has 1 aromatic rings. The number of hydrogen-bond acceptors (Lipinski definition) is 4. The molecular weight excluding hydrogens is 270 g/mol. The molecule has 1 saturated heterocycles. The summed E-state index contributed by atoms with van der Waals surface area (Å²) in [5.74, 6) is 0.804. The van der Waals surface area contributed by atoms with Crippen LogP contribution in [-0.4, -0.2) is 49.8 Å². The van der Waals surface area contributed by atoms with Gasteiger partial charge in [-0.1, -0.05) is 12.1 Å². The zero-order valence-electron chi connectivity index (χ0n) is 12.9. The standard InChI is InChI=1S/C16H23NO4/c1-12-8-17(9-13(2)21-12)16(18)11-20-10-14-5-4-6-15(7-14)19-3/h4-7,12-13H,8-11H2,1-3H3/t12-,13+. The molecule has 0 aliphatic carbocycles. The third-order valence-electron chi connectivity index (χ3n) is 3.40. The molecular formula is C16H23NO4. The van der Waals surface area contributed by atoms with Gasteiger partial charge in [0.1, 0.15) is 12.4 Å². The topological polar surface area (TPSA) is 48.0 Å². The van der Waals surface area contributed by atoms with Gasteiger partial charge in [0.2, 0.25) is 5.91 Å². The van der Waals surface area contributed by atoms with Crippen LogP contribution < -0.4 is 4.74 Å². The highest BCUT2D eigenvalue weighted by atomic mass is 16.5. The molecule has 0 N–H and O–H groups in total. The molecule has 0 radical (unpaired) electrons. The van der Waals surface area contributed by atoms with Crippen LogP contribution >= 0.6 is 0 Å². The Balaban J connectivity index is 1.78. The molecule has 5 nitrogen and oxygen atoms in total. The zero-order chi connectivity index (χ0) is 15.2. The summed E-state index contributed by atoms with van der Waals surface area (Å²) < 4.78 is 16.3. The molecule has 0 aromatic heterocycles. The Kier molecular flexibility index (Phi) is 5.59. The van der Waals surface area contributed by atoms with Gasteiger partial charge in [0.05, 0.1) is 25.9 Å². The number of amides is 1. The number of benzene rings is 1. The predicted molar refractivity (Wildman–Crippen MR) is 79.2 cm³/mol. The molecule has 1 aliphatic rings. The fraction of sp³-hybridized carbons (Fsp3) is 0.562. The smallest absolute Gasteiger partial charge is 0.248 e. The molecule has 1 amide bonds. The first kappa shape index (κ1) is 15.8. The third-order valence-corrected chi connectivity index (χ3v) is 3.40. The summed E-state index contributed by atoms with van der Waals surface area (Å²) in [6.45, 7) is 5.71. The second-order valence-corrected chi connectivity index (χ2v) is 5.40. The number of hydrogen-bond donors (Lipinski definition) is 0. The lowest BCUT2D eigenvalue weighted by Crippen LogP contribution is -2.49. The van der Waals surface area contributed by atoms with Crippen LogP contribution in [0, 0.1) is 0 Å². The molecule has 2 rings (SSSR count). The molecule has 0 unspecified atom stereocenters. The summed E-state index contributed by atoms with van der Waals surface area (Å²) in [4.78, 5) is 13.9. The molecule has 0 bridgehead atoms. The van der Waals surface area contributed by atoms with E-state index in [0.717, 1.165) is 11.3 Å². The maximum Gasteiger partial charge on any atom is 0.248 e.